The summed E-state index contributed by atoms with van der Waals surface area (Å²) in [7, 11) is 1.61. The molecule has 2 amide bonds. The van der Waals surface area contributed by atoms with Crippen molar-refractivity contribution < 1.29 is 9.59 Å². The minimum absolute atomic E-state index is 0.0213. The number of nitrogens with zero attached hydrogens (tertiary/aromatic N) is 2. The van der Waals surface area contributed by atoms with E-state index in [9.17, 15) is 14.4 Å². The molecule has 0 atom stereocenters. The number of carbonyl (C=O) groups is 2. The molecule has 1 aliphatic heterocycles. The first-order valence-corrected chi connectivity index (χ1v) is 7.20. The minimum atomic E-state index is -0.259. The third kappa shape index (κ3) is 3.47. The van der Waals surface area contributed by atoms with E-state index in [1.165, 1.54) is 4.57 Å². The fraction of sp³-hybridized carbons (Fsp3) is 0.462. The zero-order chi connectivity index (χ0) is 14.7. The third-order valence-corrected chi connectivity index (χ3v) is 3.75. The number of piperidine rings is 1. The maximum absolute atomic E-state index is 11.9. The fourth-order valence-electron chi connectivity index (χ4n) is 2.14. The zero-order valence-electron chi connectivity index (χ0n) is 11.2. The zero-order valence-corrected chi connectivity index (χ0v) is 12.8. The van der Waals surface area contributed by atoms with Crippen molar-refractivity contribution in [3.05, 3.63) is 27.1 Å². The van der Waals surface area contributed by atoms with Crippen LogP contribution in [0.1, 0.15) is 19.3 Å². The molecule has 0 aromatic carbocycles. The second-order valence-electron chi connectivity index (χ2n) is 4.81. The molecule has 0 unspecified atom stereocenters. The molecule has 7 heteroatoms. The molecular weight excluding hydrogens is 326 g/mol. The number of pyridine rings is 1. The Balaban J connectivity index is 2.01. The summed E-state index contributed by atoms with van der Waals surface area (Å²) in [6.45, 7) is 0.683. The number of likely N-dealkylation sites (tertiary alicyclic amines) is 1. The van der Waals surface area contributed by atoms with Gasteiger partial charge in [0, 0.05) is 26.2 Å². The van der Waals surface area contributed by atoms with Crippen molar-refractivity contribution in [1.29, 1.82) is 0 Å². The Labute approximate surface area is 124 Å². The van der Waals surface area contributed by atoms with Crippen LogP contribution in [0.25, 0.3) is 0 Å². The van der Waals surface area contributed by atoms with Crippen molar-refractivity contribution in [3.8, 4) is 0 Å². The molecule has 0 spiro atoms. The summed E-state index contributed by atoms with van der Waals surface area (Å²) in [5, 5.41) is 2.70. The lowest BCUT2D eigenvalue weighted by Crippen LogP contribution is -2.40. The minimum Gasteiger partial charge on any atom is -0.333 e. The molecule has 6 nitrogen and oxygen atoms in total. The number of aromatic nitrogens is 1. The summed E-state index contributed by atoms with van der Waals surface area (Å²) in [5.41, 5.74) is 0.350. The smallest absolute Gasteiger partial charge is 0.264 e. The van der Waals surface area contributed by atoms with Crippen molar-refractivity contribution in [2.24, 2.45) is 7.05 Å². The summed E-state index contributed by atoms with van der Waals surface area (Å²) < 4.78 is 1.76. The Morgan fingerprint density at radius 2 is 2.15 bits per heavy atom. The van der Waals surface area contributed by atoms with Gasteiger partial charge in [0.2, 0.25) is 11.8 Å². The molecule has 2 heterocycles. The molecule has 1 aromatic heterocycles. The van der Waals surface area contributed by atoms with Gasteiger partial charge in [-0.2, -0.15) is 0 Å². The van der Waals surface area contributed by atoms with Gasteiger partial charge in [-0.15, -0.1) is 0 Å². The third-order valence-electron chi connectivity index (χ3n) is 3.18. The number of hydrogen-bond donors (Lipinski definition) is 1. The number of amides is 2. The van der Waals surface area contributed by atoms with Gasteiger partial charge in [0.15, 0.2) is 0 Å². The van der Waals surface area contributed by atoms with Crippen LogP contribution in [0.15, 0.2) is 21.5 Å². The second-order valence-corrected chi connectivity index (χ2v) is 5.67. The van der Waals surface area contributed by atoms with Gasteiger partial charge in [0.05, 0.1) is 16.7 Å². The SMILES string of the molecule is Cn1cc(NC(=O)CN2CCCCC2=O)cc(Br)c1=O. The van der Waals surface area contributed by atoms with Gasteiger partial charge < -0.3 is 14.8 Å². The molecule has 1 saturated heterocycles. The van der Waals surface area contributed by atoms with Crippen molar-refractivity contribution in [2.45, 2.75) is 19.3 Å². The lowest BCUT2D eigenvalue weighted by molar-refractivity contribution is -0.136. The first-order chi connectivity index (χ1) is 9.47. The molecule has 1 fully saturated rings. The van der Waals surface area contributed by atoms with Crippen molar-refractivity contribution in [3.63, 3.8) is 0 Å². The highest BCUT2D eigenvalue weighted by Crippen LogP contribution is 2.13. The van der Waals surface area contributed by atoms with E-state index >= 15 is 0 Å². The van der Waals surface area contributed by atoms with E-state index in [0.29, 0.717) is 23.1 Å². The maximum atomic E-state index is 11.9. The van der Waals surface area contributed by atoms with E-state index in [-0.39, 0.29) is 23.9 Å². The molecule has 1 N–H and O–H groups in total. The number of halogens is 1. The molecule has 2 rings (SSSR count). The first kappa shape index (κ1) is 14.8. The van der Waals surface area contributed by atoms with Crippen molar-refractivity contribution in [2.75, 3.05) is 18.4 Å². The standard InChI is InChI=1S/C13H16BrN3O3/c1-16-7-9(6-10(14)13(16)20)15-11(18)8-17-5-3-2-4-12(17)19/h6-7H,2-5,8H2,1H3,(H,15,18). The molecule has 108 valence electrons. The van der Waals surface area contributed by atoms with E-state index in [4.69, 9.17) is 0 Å². The van der Waals surface area contributed by atoms with E-state index in [2.05, 4.69) is 21.2 Å². The summed E-state index contributed by atoms with van der Waals surface area (Å²) in [5.74, 6) is -0.237. The van der Waals surface area contributed by atoms with Gasteiger partial charge in [0.1, 0.15) is 0 Å². The van der Waals surface area contributed by atoms with Crippen LogP contribution in [0.2, 0.25) is 0 Å². The average Bonchev–Trinajstić information content (AvgIpc) is 2.38. The van der Waals surface area contributed by atoms with E-state index < -0.39 is 0 Å². The summed E-state index contributed by atoms with van der Waals surface area (Å²) in [6, 6.07) is 1.55. The van der Waals surface area contributed by atoms with Gasteiger partial charge >= 0.3 is 0 Å². The normalized spacial score (nSPS) is 15.3. The number of hydrogen-bond acceptors (Lipinski definition) is 3. The van der Waals surface area contributed by atoms with Crippen LogP contribution in [0.5, 0.6) is 0 Å². The lowest BCUT2D eigenvalue weighted by Gasteiger charge is -2.26. The van der Waals surface area contributed by atoms with Gasteiger partial charge in [-0.05, 0) is 34.8 Å². The molecule has 1 aliphatic rings. The van der Waals surface area contributed by atoms with Gasteiger partial charge in [-0.25, -0.2) is 0 Å². The Bertz CT molecular complexity index is 571. The average molecular weight is 342 g/mol. The Morgan fingerprint density at radius 3 is 2.80 bits per heavy atom. The number of rotatable bonds is 3. The fourth-order valence-corrected chi connectivity index (χ4v) is 2.67. The summed E-state index contributed by atoms with van der Waals surface area (Å²) in [4.78, 5) is 36.6. The Morgan fingerprint density at radius 1 is 1.40 bits per heavy atom. The number of carbonyl (C=O) groups excluding carboxylic acids is 2. The van der Waals surface area contributed by atoms with Crippen LogP contribution < -0.4 is 10.9 Å². The monoisotopic (exact) mass is 341 g/mol. The van der Waals surface area contributed by atoms with Gasteiger partial charge in [-0.3, -0.25) is 14.4 Å². The molecule has 0 bridgehead atoms. The van der Waals surface area contributed by atoms with Crippen LogP contribution in [-0.2, 0) is 16.6 Å². The molecule has 20 heavy (non-hydrogen) atoms. The molecular formula is C13H16BrN3O3. The van der Waals surface area contributed by atoms with Crippen molar-refractivity contribution >= 4 is 33.4 Å². The molecule has 0 saturated carbocycles. The van der Waals surface area contributed by atoms with Gasteiger partial charge in [0.25, 0.3) is 5.56 Å². The van der Waals surface area contributed by atoms with Crippen LogP contribution in [0, 0.1) is 0 Å². The van der Waals surface area contributed by atoms with Crippen molar-refractivity contribution in [1.82, 2.24) is 9.47 Å². The van der Waals surface area contributed by atoms with Gasteiger partial charge in [-0.1, -0.05) is 0 Å². The predicted molar refractivity (Wildman–Crippen MR) is 78.4 cm³/mol. The number of aryl methyl sites for hydroxylation is 1. The predicted octanol–water partition coefficient (Wildman–Crippen LogP) is 1.10. The quantitative estimate of drug-likeness (QED) is 0.894. The van der Waals surface area contributed by atoms with Crippen LogP contribution in [-0.4, -0.2) is 34.4 Å². The number of nitrogens with one attached hydrogen (secondary N) is 1. The highest BCUT2D eigenvalue weighted by molar-refractivity contribution is 9.10. The number of anilines is 1. The highest BCUT2D eigenvalue weighted by atomic mass is 79.9. The maximum Gasteiger partial charge on any atom is 0.264 e. The molecule has 0 radical (unpaired) electrons. The van der Waals surface area contributed by atoms with Crippen LogP contribution in [0.3, 0.4) is 0 Å². The molecule has 1 aromatic rings. The Hall–Kier alpha value is -1.63. The largest absolute Gasteiger partial charge is 0.333 e. The lowest BCUT2D eigenvalue weighted by atomic mass is 10.1. The van der Waals surface area contributed by atoms with E-state index in [1.54, 1.807) is 24.2 Å². The van der Waals surface area contributed by atoms with E-state index in [1.807, 2.05) is 0 Å². The van der Waals surface area contributed by atoms with E-state index in [0.717, 1.165) is 12.8 Å². The highest BCUT2D eigenvalue weighted by Gasteiger charge is 2.20. The van der Waals surface area contributed by atoms with Crippen LogP contribution in [0.4, 0.5) is 5.69 Å². The molecule has 0 aliphatic carbocycles. The summed E-state index contributed by atoms with van der Waals surface area (Å²) in [6.07, 6.45) is 3.89. The van der Waals surface area contributed by atoms with Crippen LogP contribution >= 0.6 is 15.9 Å². The summed E-state index contributed by atoms with van der Waals surface area (Å²) >= 11 is 3.15. The second kappa shape index (κ2) is 6.21. The topological polar surface area (TPSA) is 71.4 Å². The Kier molecular flexibility index (Phi) is 4.59. The first-order valence-electron chi connectivity index (χ1n) is 6.41.